The molecule has 1 aliphatic heterocycles. The zero-order valence-corrected chi connectivity index (χ0v) is 19.4. The Kier molecular flexibility index (Phi) is 6.33. The Balaban J connectivity index is 1.23. The van der Waals surface area contributed by atoms with E-state index in [4.69, 9.17) is 22.5 Å². The van der Waals surface area contributed by atoms with E-state index in [9.17, 15) is 0 Å². The molecule has 2 aromatic heterocycles. The highest BCUT2D eigenvalue weighted by molar-refractivity contribution is 6.33. The van der Waals surface area contributed by atoms with E-state index in [1.54, 1.807) is 6.07 Å². The molecule has 0 amide bonds. The number of aromatic amines is 1. The fourth-order valence-corrected chi connectivity index (χ4v) is 4.63. The fourth-order valence-electron chi connectivity index (χ4n) is 4.37. The molecular formula is C25H26ClN7O. The number of amidine groups is 1. The number of benzene rings is 2. The number of hydrogen-bond acceptors (Lipinski definition) is 6. The Hall–Kier alpha value is -3.62. The highest BCUT2D eigenvalue weighted by atomic mass is 35.5. The van der Waals surface area contributed by atoms with Crippen LogP contribution in [0.1, 0.15) is 22.6 Å². The maximum atomic E-state index is 8.90. The molecule has 4 N–H and O–H groups in total. The summed E-state index contributed by atoms with van der Waals surface area (Å²) in [6, 6.07) is 17.7. The normalized spacial score (nSPS) is 15.2. The molecule has 0 atom stereocenters. The number of halogens is 1. The monoisotopic (exact) mass is 475 g/mol. The van der Waals surface area contributed by atoms with Crippen molar-refractivity contribution in [2.75, 3.05) is 31.1 Å². The summed E-state index contributed by atoms with van der Waals surface area (Å²) in [4.78, 5) is 17.3. The summed E-state index contributed by atoms with van der Waals surface area (Å²) < 4.78 is 0. The van der Waals surface area contributed by atoms with E-state index in [0.717, 1.165) is 66.0 Å². The van der Waals surface area contributed by atoms with E-state index in [1.807, 2.05) is 36.5 Å². The number of oxime groups is 1. The molecule has 0 spiro atoms. The molecule has 0 aliphatic carbocycles. The fraction of sp³-hybridized carbons (Fsp3) is 0.240. The number of aromatic nitrogens is 3. The minimum Gasteiger partial charge on any atom is -0.409 e. The van der Waals surface area contributed by atoms with Crippen LogP contribution in [-0.4, -0.2) is 57.1 Å². The Morgan fingerprint density at radius 2 is 1.91 bits per heavy atom. The van der Waals surface area contributed by atoms with Gasteiger partial charge >= 0.3 is 0 Å². The number of nitrogens with two attached hydrogens (primary N) is 1. The lowest BCUT2D eigenvalue weighted by atomic mass is 10.1. The quantitative estimate of drug-likeness (QED) is 0.170. The number of rotatable bonds is 6. The second-order valence-electron chi connectivity index (χ2n) is 8.45. The second kappa shape index (κ2) is 9.70. The minimum atomic E-state index is 0.0696. The first-order chi connectivity index (χ1) is 16.6. The van der Waals surface area contributed by atoms with Crippen molar-refractivity contribution in [1.29, 1.82) is 0 Å². The lowest BCUT2D eigenvalue weighted by molar-refractivity contribution is 0.250. The number of pyridine rings is 1. The number of piperazine rings is 1. The molecule has 0 unspecified atom stereocenters. The zero-order valence-electron chi connectivity index (χ0n) is 18.7. The average molecular weight is 476 g/mol. The van der Waals surface area contributed by atoms with Crippen LogP contribution in [0.3, 0.4) is 0 Å². The van der Waals surface area contributed by atoms with E-state index in [-0.39, 0.29) is 5.84 Å². The van der Waals surface area contributed by atoms with Gasteiger partial charge in [0.25, 0.3) is 0 Å². The largest absolute Gasteiger partial charge is 0.409 e. The van der Waals surface area contributed by atoms with E-state index in [2.05, 4.69) is 48.1 Å². The minimum absolute atomic E-state index is 0.0696. The number of anilines is 1. The standard InChI is InChI=1S/C25H26ClN7O/c26-20-3-1-2-4-23(20)33-11-9-32(10-12-33)16-17-7-8-28-19(13-17)15-24-29-21-6-5-18(25(27)31-34)14-22(21)30-24/h1-8,13-14,34H,9-12,15-16H2,(H2,27,31)(H,29,30). The third-order valence-corrected chi connectivity index (χ3v) is 6.46. The van der Waals surface area contributed by atoms with Crippen molar-refractivity contribution in [3.05, 3.63) is 88.5 Å². The summed E-state index contributed by atoms with van der Waals surface area (Å²) >= 11 is 6.37. The molecule has 34 heavy (non-hydrogen) atoms. The predicted molar refractivity (Wildman–Crippen MR) is 135 cm³/mol. The first-order valence-corrected chi connectivity index (χ1v) is 11.6. The third kappa shape index (κ3) is 4.83. The first kappa shape index (κ1) is 22.2. The number of H-pyrrole nitrogens is 1. The first-order valence-electron chi connectivity index (χ1n) is 11.2. The van der Waals surface area contributed by atoms with Gasteiger partial charge in [-0.2, -0.15) is 0 Å². The number of para-hydroxylation sites is 1. The molecule has 3 heterocycles. The van der Waals surface area contributed by atoms with Crippen LogP contribution < -0.4 is 10.6 Å². The smallest absolute Gasteiger partial charge is 0.170 e. The van der Waals surface area contributed by atoms with Crippen LogP contribution in [0, 0.1) is 0 Å². The highest BCUT2D eigenvalue weighted by Crippen LogP contribution is 2.26. The van der Waals surface area contributed by atoms with Crippen LogP contribution in [0.25, 0.3) is 11.0 Å². The van der Waals surface area contributed by atoms with Crippen molar-refractivity contribution < 1.29 is 5.21 Å². The van der Waals surface area contributed by atoms with Crippen LogP contribution >= 0.6 is 11.6 Å². The summed E-state index contributed by atoms with van der Waals surface area (Å²) in [7, 11) is 0. The molecule has 0 radical (unpaired) electrons. The van der Waals surface area contributed by atoms with Crippen molar-refractivity contribution in [3.8, 4) is 0 Å². The molecule has 5 rings (SSSR count). The van der Waals surface area contributed by atoms with Gasteiger partial charge < -0.3 is 20.8 Å². The Morgan fingerprint density at radius 1 is 1.09 bits per heavy atom. The maximum absolute atomic E-state index is 8.90. The van der Waals surface area contributed by atoms with Gasteiger partial charge in [-0.3, -0.25) is 9.88 Å². The lowest BCUT2D eigenvalue weighted by Gasteiger charge is -2.36. The van der Waals surface area contributed by atoms with Gasteiger partial charge in [-0.05, 0) is 48.0 Å². The molecular weight excluding hydrogens is 450 g/mol. The number of nitrogens with one attached hydrogen (secondary N) is 1. The van der Waals surface area contributed by atoms with Gasteiger partial charge in [0.2, 0.25) is 0 Å². The van der Waals surface area contributed by atoms with Crippen molar-refractivity contribution in [3.63, 3.8) is 0 Å². The van der Waals surface area contributed by atoms with Gasteiger partial charge in [-0.1, -0.05) is 28.9 Å². The second-order valence-corrected chi connectivity index (χ2v) is 8.85. The summed E-state index contributed by atoms with van der Waals surface area (Å²) in [5.74, 6) is 0.893. The van der Waals surface area contributed by atoms with Crippen LogP contribution in [-0.2, 0) is 13.0 Å². The molecule has 1 fully saturated rings. The Bertz CT molecular complexity index is 1330. The molecule has 9 heteroatoms. The van der Waals surface area contributed by atoms with Gasteiger partial charge in [0.15, 0.2) is 5.84 Å². The molecule has 2 aromatic carbocycles. The topological polar surface area (TPSA) is 107 Å². The SMILES string of the molecule is N/C(=N\O)c1ccc2nc(Cc3cc(CN4CCN(c5ccccc5Cl)CC4)ccn3)[nH]c2c1. The lowest BCUT2D eigenvalue weighted by Crippen LogP contribution is -2.46. The number of hydrogen-bond donors (Lipinski definition) is 3. The maximum Gasteiger partial charge on any atom is 0.170 e. The molecule has 0 bridgehead atoms. The average Bonchev–Trinajstić information content (AvgIpc) is 3.26. The number of fused-ring (bicyclic) bond motifs is 1. The van der Waals surface area contributed by atoms with Crippen molar-refractivity contribution in [1.82, 2.24) is 19.9 Å². The van der Waals surface area contributed by atoms with Gasteiger partial charge in [-0.15, -0.1) is 0 Å². The highest BCUT2D eigenvalue weighted by Gasteiger charge is 2.19. The van der Waals surface area contributed by atoms with Crippen molar-refractivity contribution in [2.45, 2.75) is 13.0 Å². The Morgan fingerprint density at radius 3 is 2.71 bits per heavy atom. The molecule has 1 aliphatic rings. The van der Waals surface area contributed by atoms with Crippen molar-refractivity contribution in [2.24, 2.45) is 10.9 Å². The summed E-state index contributed by atoms with van der Waals surface area (Å²) in [6.45, 7) is 4.75. The summed E-state index contributed by atoms with van der Waals surface area (Å²) in [5, 5.41) is 12.8. The van der Waals surface area contributed by atoms with E-state index >= 15 is 0 Å². The van der Waals surface area contributed by atoms with Crippen LogP contribution in [0.4, 0.5) is 5.69 Å². The summed E-state index contributed by atoms with van der Waals surface area (Å²) in [5.41, 5.74) is 11.3. The van der Waals surface area contributed by atoms with Gasteiger partial charge in [0.05, 0.1) is 21.7 Å². The van der Waals surface area contributed by atoms with Gasteiger partial charge in [0.1, 0.15) is 5.82 Å². The van der Waals surface area contributed by atoms with Crippen LogP contribution in [0.5, 0.6) is 0 Å². The molecule has 1 saturated heterocycles. The van der Waals surface area contributed by atoms with Gasteiger partial charge in [-0.25, -0.2) is 4.98 Å². The zero-order chi connectivity index (χ0) is 23.5. The third-order valence-electron chi connectivity index (χ3n) is 6.14. The number of imidazole rings is 1. The van der Waals surface area contributed by atoms with Crippen LogP contribution in [0.2, 0.25) is 5.02 Å². The summed E-state index contributed by atoms with van der Waals surface area (Å²) in [6.07, 6.45) is 2.46. The van der Waals surface area contributed by atoms with Crippen molar-refractivity contribution >= 4 is 34.2 Å². The predicted octanol–water partition coefficient (Wildman–Crippen LogP) is 3.62. The molecule has 8 nitrogen and oxygen atoms in total. The van der Waals surface area contributed by atoms with E-state index in [1.165, 1.54) is 5.56 Å². The van der Waals surface area contributed by atoms with E-state index < -0.39 is 0 Å². The molecule has 174 valence electrons. The molecule has 0 saturated carbocycles. The number of nitrogens with zero attached hydrogens (tertiary/aromatic N) is 5. The van der Waals surface area contributed by atoms with Crippen LogP contribution in [0.15, 0.2) is 65.9 Å². The molecule has 4 aromatic rings. The Labute approximate surface area is 202 Å². The van der Waals surface area contributed by atoms with E-state index in [0.29, 0.717) is 12.0 Å². The van der Waals surface area contributed by atoms with Gasteiger partial charge in [0, 0.05) is 56.6 Å².